The molecule has 2 aliphatic rings. The van der Waals surface area contributed by atoms with Gasteiger partial charge in [0, 0.05) is 12.2 Å². The number of hydrogen-bond acceptors (Lipinski definition) is 3. The lowest BCUT2D eigenvalue weighted by molar-refractivity contribution is -0.127. The van der Waals surface area contributed by atoms with Crippen molar-refractivity contribution in [1.82, 2.24) is 4.90 Å². The summed E-state index contributed by atoms with van der Waals surface area (Å²) in [5, 5.41) is 2.82. The molecule has 0 saturated carbocycles. The maximum atomic E-state index is 12.4. The maximum absolute atomic E-state index is 12.4. The van der Waals surface area contributed by atoms with Crippen LogP contribution in [0.5, 0.6) is 0 Å². The number of benzene rings is 3. The number of rotatable bonds is 5. The van der Waals surface area contributed by atoms with E-state index in [2.05, 4.69) is 29.6 Å². The van der Waals surface area contributed by atoms with Crippen molar-refractivity contribution in [3.63, 3.8) is 0 Å². The molecule has 0 radical (unpaired) electrons. The first kappa shape index (κ1) is 19.4. The summed E-state index contributed by atoms with van der Waals surface area (Å²) < 4.78 is 5.54. The average molecular weight is 412 g/mol. The van der Waals surface area contributed by atoms with Crippen LogP contribution in [0.2, 0.25) is 0 Å². The molecule has 5 nitrogen and oxygen atoms in total. The molecule has 1 N–H and O–H groups in total. The van der Waals surface area contributed by atoms with Crippen molar-refractivity contribution in [1.29, 1.82) is 0 Å². The standard InChI is InChI=1S/C26H24N2O3/c29-25-16-22(17-28(25)13-12-18-6-2-1-3-7-18)31-26(30)27-21-10-11-24-20(15-21)14-19-8-4-5-9-23(19)24/h1-11,15,22H,12-14,16-17H2,(H,27,30). The highest BCUT2D eigenvalue weighted by Gasteiger charge is 2.32. The molecule has 2 amide bonds. The van der Waals surface area contributed by atoms with Crippen LogP contribution in [-0.2, 0) is 22.4 Å². The number of fused-ring (bicyclic) bond motifs is 3. The molecular formula is C26H24N2O3. The van der Waals surface area contributed by atoms with Crippen molar-refractivity contribution in [3.05, 3.63) is 89.5 Å². The van der Waals surface area contributed by atoms with Gasteiger partial charge in [0.05, 0.1) is 13.0 Å². The van der Waals surface area contributed by atoms with Crippen LogP contribution in [0.1, 0.15) is 23.1 Å². The zero-order valence-corrected chi connectivity index (χ0v) is 17.2. The molecule has 3 aromatic carbocycles. The van der Waals surface area contributed by atoms with Crippen molar-refractivity contribution in [2.24, 2.45) is 0 Å². The summed E-state index contributed by atoms with van der Waals surface area (Å²) in [7, 11) is 0. The zero-order chi connectivity index (χ0) is 21.2. The van der Waals surface area contributed by atoms with Crippen molar-refractivity contribution in [2.75, 3.05) is 18.4 Å². The fourth-order valence-corrected chi connectivity index (χ4v) is 4.46. The predicted molar refractivity (Wildman–Crippen MR) is 120 cm³/mol. The third-order valence-corrected chi connectivity index (χ3v) is 6.01. The molecule has 1 atom stereocenters. The second-order valence-electron chi connectivity index (χ2n) is 8.14. The number of hydrogen-bond donors (Lipinski definition) is 1. The Morgan fingerprint density at radius 1 is 0.968 bits per heavy atom. The average Bonchev–Trinajstić information content (AvgIpc) is 3.31. The summed E-state index contributed by atoms with van der Waals surface area (Å²) in [4.78, 5) is 26.5. The maximum Gasteiger partial charge on any atom is 0.411 e. The molecule has 31 heavy (non-hydrogen) atoms. The number of likely N-dealkylation sites (tertiary alicyclic amines) is 1. The van der Waals surface area contributed by atoms with Gasteiger partial charge in [0.15, 0.2) is 0 Å². The smallest absolute Gasteiger partial charge is 0.411 e. The van der Waals surface area contributed by atoms with Gasteiger partial charge in [-0.1, -0.05) is 60.7 Å². The van der Waals surface area contributed by atoms with Gasteiger partial charge in [-0.15, -0.1) is 0 Å². The number of nitrogens with one attached hydrogen (secondary N) is 1. The Kier molecular flexibility index (Phi) is 5.16. The molecule has 1 unspecified atom stereocenters. The molecule has 5 heteroatoms. The Labute approximate surface area is 181 Å². The molecule has 1 aliphatic heterocycles. The van der Waals surface area contributed by atoms with E-state index < -0.39 is 12.2 Å². The first-order chi connectivity index (χ1) is 15.2. The summed E-state index contributed by atoms with van der Waals surface area (Å²) in [6.45, 7) is 1.08. The van der Waals surface area contributed by atoms with E-state index in [1.54, 1.807) is 4.90 Å². The van der Waals surface area contributed by atoms with E-state index in [4.69, 9.17) is 4.74 Å². The molecule has 1 saturated heterocycles. The van der Waals surface area contributed by atoms with Crippen molar-refractivity contribution >= 4 is 17.7 Å². The number of amides is 2. The van der Waals surface area contributed by atoms with Crippen LogP contribution in [0.4, 0.5) is 10.5 Å². The minimum atomic E-state index is -0.516. The van der Waals surface area contributed by atoms with Gasteiger partial charge in [0.1, 0.15) is 6.10 Å². The highest BCUT2D eigenvalue weighted by Crippen LogP contribution is 2.37. The predicted octanol–water partition coefficient (Wildman–Crippen LogP) is 4.65. The number of ether oxygens (including phenoxy) is 1. The summed E-state index contributed by atoms with van der Waals surface area (Å²) in [5.41, 5.74) is 6.87. The van der Waals surface area contributed by atoms with E-state index in [0.29, 0.717) is 18.8 Å². The quantitative estimate of drug-likeness (QED) is 0.519. The van der Waals surface area contributed by atoms with Gasteiger partial charge in [0.25, 0.3) is 0 Å². The van der Waals surface area contributed by atoms with E-state index in [1.165, 1.54) is 27.8 Å². The molecule has 0 bridgehead atoms. The molecular weight excluding hydrogens is 388 g/mol. The van der Waals surface area contributed by atoms with Crippen molar-refractivity contribution in [2.45, 2.75) is 25.4 Å². The lowest BCUT2D eigenvalue weighted by Crippen LogP contribution is -2.29. The Balaban J connectivity index is 1.15. The minimum absolute atomic E-state index is 0.0315. The summed E-state index contributed by atoms with van der Waals surface area (Å²) >= 11 is 0. The first-order valence-corrected chi connectivity index (χ1v) is 10.7. The number of carbonyl (C=O) groups is 2. The first-order valence-electron chi connectivity index (χ1n) is 10.7. The molecule has 156 valence electrons. The molecule has 3 aromatic rings. The van der Waals surface area contributed by atoms with Gasteiger partial charge in [-0.05, 0) is 52.8 Å². The van der Waals surface area contributed by atoms with E-state index in [1.807, 2.05) is 48.5 Å². The third-order valence-electron chi connectivity index (χ3n) is 6.01. The summed E-state index contributed by atoms with van der Waals surface area (Å²) in [5.74, 6) is 0.0315. The van der Waals surface area contributed by atoms with Gasteiger partial charge in [-0.3, -0.25) is 10.1 Å². The molecule has 0 aromatic heterocycles. The largest absolute Gasteiger partial charge is 0.444 e. The number of anilines is 1. The highest BCUT2D eigenvalue weighted by atomic mass is 16.6. The Bertz CT molecular complexity index is 1130. The third kappa shape index (κ3) is 4.17. The molecule has 1 aliphatic carbocycles. The van der Waals surface area contributed by atoms with Crippen LogP contribution in [0.25, 0.3) is 11.1 Å². The van der Waals surface area contributed by atoms with E-state index in [0.717, 1.165) is 12.8 Å². The van der Waals surface area contributed by atoms with Crippen LogP contribution in [0.15, 0.2) is 72.8 Å². The topological polar surface area (TPSA) is 58.6 Å². The van der Waals surface area contributed by atoms with Crippen molar-refractivity contribution < 1.29 is 14.3 Å². The number of carbonyl (C=O) groups excluding carboxylic acids is 2. The Morgan fingerprint density at radius 2 is 1.74 bits per heavy atom. The normalized spacial score (nSPS) is 16.7. The Hall–Kier alpha value is -3.60. The van der Waals surface area contributed by atoms with Gasteiger partial charge < -0.3 is 9.64 Å². The lowest BCUT2D eigenvalue weighted by atomic mass is 10.1. The van der Waals surface area contributed by atoms with Crippen LogP contribution in [0, 0.1) is 0 Å². The second kappa shape index (κ2) is 8.26. The number of nitrogens with zero attached hydrogens (tertiary/aromatic N) is 1. The molecule has 0 spiro atoms. The SMILES string of the molecule is O=C(Nc1ccc2c(c1)Cc1ccccc1-2)OC1CC(=O)N(CCc2ccccc2)C1. The fourth-order valence-electron chi connectivity index (χ4n) is 4.46. The minimum Gasteiger partial charge on any atom is -0.444 e. The van der Waals surface area contributed by atoms with Crippen LogP contribution in [0.3, 0.4) is 0 Å². The van der Waals surface area contributed by atoms with Crippen LogP contribution in [-0.4, -0.2) is 36.1 Å². The van der Waals surface area contributed by atoms with Gasteiger partial charge >= 0.3 is 6.09 Å². The Morgan fingerprint density at radius 3 is 2.61 bits per heavy atom. The van der Waals surface area contributed by atoms with E-state index >= 15 is 0 Å². The van der Waals surface area contributed by atoms with Gasteiger partial charge in [0.2, 0.25) is 5.91 Å². The second-order valence-corrected chi connectivity index (χ2v) is 8.14. The van der Waals surface area contributed by atoms with Crippen molar-refractivity contribution in [3.8, 4) is 11.1 Å². The lowest BCUT2D eigenvalue weighted by Gasteiger charge is -2.17. The molecule has 1 heterocycles. The summed E-state index contributed by atoms with van der Waals surface area (Å²) in [6, 6.07) is 24.4. The van der Waals surface area contributed by atoms with Crippen LogP contribution < -0.4 is 5.32 Å². The molecule has 1 fully saturated rings. The fraction of sp³-hybridized carbons (Fsp3) is 0.231. The van der Waals surface area contributed by atoms with Gasteiger partial charge in [-0.2, -0.15) is 0 Å². The molecule has 5 rings (SSSR count). The van der Waals surface area contributed by atoms with Crippen LogP contribution >= 0.6 is 0 Å². The summed E-state index contributed by atoms with van der Waals surface area (Å²) in [6.07, 6.45) is 0.967. The zero-order valence-electron chi connectivity index (χ0n) is 17.2. The van der Waals surface area contributed by atoms with E-state index in [-0.39, 0.29) is 12.3 Å². The monoisotopic (exact) mass is 412 g/mol. The highest BCUT2D eigenvalue weighted by molar-refractivity contribution is 5.87. The van der Waals surface area contributed by atoms with Gasteiger partial charge in [-0.25, -0.2) is 4.79 Å². The van der Waals surface area contributed by atoms with E-state index in [9.17, 15) is 9.59 Å².